The minimum absolute atomic E-state index is 0.0866. The number of hydrogen-bond donors (Lipinski definition) is 1. The first kappa shape index (κ1) is 12.6. The molecule has 1 aromatic carbocycles. The number of nitrogens with zero attached hydrogens (tertiary/aromatic N) is 2. The number of aliphatic carboxylic acids is 1. The Bertz CT molecular complexity index is 628. The Hall–Kier alpha value is -2.84. The number of halogens is 1. The second-order valence-electron chi connectivity index (χ2n) is 3.64. The highest BCUT2D eigenvalue weighted by molar-refractivity contribution is 6.22. The van der Waals surface area contributed by atoms with E-state index in [1.54, 1.807) is 0 Å². The number of nitro groups is 1. The van der Waals surface area contributed by atoms with Crippen LogP contribution in [0.5, 0.6) is 0 Å². The number of fused-ring (bicyclic) bond motifs is 1. The molecule has 1 aromatic rings. The fraction of sp³-hybridized carbons (Fsp3) is 0.100. The predicted molar refractivity (Wildman–Crippen MR) is 56.1 cm³/mol. The summed E-state index contributed by atoms with van der Waals surface area (Å²) in [7, 11) is 0. The number of nitro benzene ring substituents is 1. The maximum absolute atomic E-state index is 13.3. The van der Waals surface area contributed by atoms with E-state index < -0.39 is 34.7 Å². The molecule has 1 heterocycles. The Morgan fingerprint density at radius 3 is 2.42 bits per heavy atom. The van der Waals surface area contributed by atoms with Crippen LogP contribution in [0.4, 0.5) is 10.1 Å². The average molecular weight is 268 g/mol. The summed E-state index contributed by atoms with van der Waals surface area (Å²) in [5.74, 6) is -4.34. The van der Waals surface area contributed by atoms with Gasteiger partial charge >= 0.3 is 5.97 Å². The summed E-state index contributed by atoms with van der Waals surface area (Å²) in [4.78, 5) is 43.5. The van der Waals surface area contributed by atoms with Crippen LogP contribution in [0.1, 0.15) is 20.7 Å². The van der Waals surface area contributed by atoms with E-state index in [1.165, 1.54) is 0 Å². The molecule has 2 amide bonds. The van der Waals surface area contributed by atoms with Crippen molar-refractivity contribution < 1.29 is 28.8 Å². The molecule has 0 bridgehead atoms. The molecule has 0 fully saturated rings. The summed E-state index contributed by atoms with van der Waals surface area (Å²) in [6.07, 6.45) is -2.83. The molecule has 0 saturated heterocycles. The Balaban J connectivity index is 2.50. The normalized spacial score (nSPS) is 15.3. The van der Waals surface area contributed by atoms with Crippen molar-refractivity contribution in [1.29, 1.82) is 0 Å². The summed E-state index contributed by atoms with van der Waals surface area (Å²) in [5, 5.41) is 19.0. The Kier molecular flexibility index (Phi) is 2.74. The number of carbonyl (C=O) groups excluding carboxylic acids is 2. The van der Waals surface area contributed by atoms with E-state index in [4.69, 9.17) is 5.11 Å². The SMILES string of the molecule is O=C(O)C(F)N1C(=O)c2ccc([N+](=O)[O-])cc2C1=O. The monoisotopic (exact) mass is 268 g/mol. The van der Waals surface area contributed by atoms with Gasteiger partial charge in [0.05, 0.1) is 16.1 Å². The minimum Gasteiger partial charge on any atom is -0.478 e. The van der Waals surface area contributed by atoms with E-state index in [9.17, 15) is 28.9 Å². The minimum atomic E-state index is -2.83. The highest BCUT2D eigenvalue weighted by Gasteiger charge is 2.43. The van der Waals surface area contributed by atoms with Crippen molar-refractivity contribution in [3.63, 3.8) is 0 Å². The molecule has 0 saturated carbocycles. The lowest BCUT2D eigenvalue weighted by Crippen LogP contribution is -2.41. The molecule has 0 aliphatic carbocycles. The zero-order valence-electron chi connectivity index (χ0n) is 9.07. The van der Waals surface area contributed by atoms with Crippen molar-refractivity contribution in [2.24, 2.45) is 0 Å². The molecule has 1 unspecified atom stereocenters. The average Bonchev–Trinajstić information content (AvgIpc) is 2.60. The fourth-order valence-electron chi connectivity index (χ4n) is 1.68. The number of benzene rings is 1. The smallest absolute Gasteiger partial charge is 0.360 e. The van der Waals surface area contributed by atoms with E-state index in [1.807, 2.05) is 0 Å². The van der Waals surface area contributed by atoms with Crippen LogP contribution < -0.4 is 0 Å². The van der Waals surface area contributed by atoms with Gasteiger partial charge in [-0.1, -0.05) is 0 Å². The van der Waals surface area contributed by atoms with Crippen LogP contribution in [-0.4, -0.2) is 39.0 Å². The van der Waals surface area contributed by atoms with Crippen LogP contribution >= 0.6 is 0 Å². The van der Waals surface area contributed by atoms with Gasteiger partial charge in [0.1, 0.15) is 0 Å². The lowest BCUT2D eigenvalue weighted by Gasteiger charge is -2.14. The zero-order valence-corrected chi connectivity index (χ0v) is 9.07. The van der Waals surface area contributed by atoms with Crippen LogP contribution in [0.25, 0.3) is 0 Å². The summed E-state index contributed by atoms with van der Waals surface area (Å²) in [6.45, 7) is 0. The third-order valence-electron chi connectivity index (χ3n) is 2.54. The van der Waals surface area contributed by atoms with Gasteiger partial charge in [-0.2, -0.15) is 0 Å². The number of alkyl halides is 1. The van der Waals surface area contributed by atoms with Gasteiger partial charge < -0.3 is 5.11 Å². The largest absolute Gasteiger partial charge is 0.478 e. The van der Waals surface area contributed by atoms with Crippen molar-refractivity contribution in [3.8, 4) is 0 Å². The molecule has 9 heteroatoms. The van der Waals surface area contributed by atoms with Crippen LogP contribution in [-0.2, 0) is 4.79 Å². The quantitative estimate of drug-likeness (QED) is 0.370. The van der Waals surface area contributed by atoms with E-state index in [-0.39, 0.29) is 16.0 Å². The lowest BCUT2D eigenvalue weighted by atomic mass is 10.1. The van der Waals surface area contributed by atoms with Crippen molar-refractivity contribution in [2.45, 2.75) is 6.30 Å². The van der Waals surface area contributed by atoms with Crippen molar-refractivity contribution >= 4 is 23.5 Å². The van der Waals surface area contributed by atoms with Gasteiger partial charge in [0, 0.05) is 12.1 Å². The molecule has 1 N–H and O–H groups in total. The highest BCUT2D eigenvalue weighted by atomic mass is 19.1. The maximum Gasteiger partial charge on any atom is 0.360 e. The third-order valence-corrected chi connectivity index (χ3v) is 2.54. The molecule has 0 radical (unpaired) electrons. The van der Waals surface area contributed by atoms with E-state index in [0.717, 1.165) is 18.2 Å². The number of imide groups is 1. The molecule has 1 atom stereocenters. The third kappa shape index (κ3) is 1.80. The second-order valence-corrected chi connectivity index (χ2v) is 3.64. The van der Waals surface area contributed by atoms with Crippen LogP contribution in [0.15, 0.2) is 18.2 Å². The van der Waals surface area contributed by atoms with Gasteiger partial charge in [-0.3, -0.25) is 19.7 Å². The van der Waals surface area contributed by atoms with E-state index in [0.29, 0.717) is 0 Å². The van der Waals surface area contributed by atoms with Crippen LogP contribution in [0.3, 0.4) is 0 Å². The first-order valence-corrected chi connectivity index (χ1v) is 4.88. The maximum atomic E-state index is 13.3. The predicted octanol–water partition coefficient (Wildman–Crippen LogP) is 0.571. The first-order valence-electron chi connectivity index (χ1n) is 4.88. The number of carboxylic acids is 1. The van der Waals surface area contributed by atoms with Gasteiger partial charge in [0.15, 0.2) is 0 Å². The van der Waals surface area contributed by atoms with E-state index in [2.05, 4.69) is 0 Å². The molecule has 1 aliphatic heterocycles. The highest BCUT2D eigenvalue weighted by Crippen LogP contribution is 2.28. The van der Waals surface area contributed by atoms with Gasteiger partial charge in [0.25, 0.3) is 23.8 Å². The van der Waals surface area contributed by atoms with E-state index >= 15 is 0 Å². The molecule has 98 valence electrons. The van der Waals surface area contributed by atoms with Crippen molar-refractivity contribution in [2.75, 3.05) is 0 Å². The molecule has 8 nitrogen and oxygen atoms in total. The topological polar surface area (TPSA) is 118 Å². The molecular weight excluding hydrogens is 263 g/mol. The van der Waals surface area contributed by atoms with Crippen LogP contribution in [0.2, 0.25) is 0 Å². The number of amides is 2. The molecule has 19 heavy (non-hydrogen) atoms. The number of rotatable bonds is 3. The first-order chi connectivity index (χ1) is 8.84. The number of hydrogen-bond acceptors (Lipinski definition) is 5. The summed E-state index contributed by atoms with van der Waals surface area (Å²) in [6, 6.07) is 2.77. The second kappa shape index (κ2) is 4.12. The summed E-state index contributed by atoms with van der Waals surface area (Å²) < 4.78 is 13.3. The van der Waals surface area contributed by atoms with Gasteiger partial charge in [-0.05, 0) is 6.07 Å². The summed E-state index contributed by atoms with van der Waals surface area (Å²) in [5.41, 5.74) is -1.10. The Labute approximate surface area is 104 Å². The van der Waals surface area contributed by atoms with Crippen molar-refractivity contribution in [3.05, 3.63) is 39.4 Å². The molecule has 2 rings (SSSR count). The van der Waals surface area contributed by atoms with Crippen LogP contribution in [0, 0.1) is 10.1 Å². The molecule has 0 spiro atoms. The zero-order chi connectivity index (χ0) is 14.3. The summed E-state index contributed by atoms with van der Waals surface area (Å²) >= 11 is 0. The number of carbonyl (C=O) groups is 3. The molecular formula is C10H5FN2O6. The molecule has 1 aliphatic rings. The van der Waals surface area contributed by atoms with Gasteiger partial charge in [0.2, 0.25) is 0 Å². The Morgan fingerprint density at radius 2 is 1.89 bits per heavy atom. The van der Waals surface area contributed by atoms with Gasteiger partial charge in [-0.25, -0.2) is 14.1 Å². The number of non-ortho nitro benzene ring substituents is 1. The van der Waals surface area contributed by atoms with Crippen molar-refractivity contribution in [1.82, 2.24) is 4.90 Å². The van der Waals surface area contributed by atoms with Gasteiger partial charge in [-0.15, -0.1) is 0 Å². The fourth-order valence-corrected chi connectivity index (χ4v) is 1.68. The lowest BCUT2D eigenvalue weighted by molar-refractivity contribution is -0.384. The number of carboxylic acid groups (broad SMARTS) is 1. The Morgan fingerprint density at radius 1 is 1.32 bits per heavy atom. The standard InChI is InChI=1S/C10H5FN2O6/c11-7(10(16)17)12-8(14)5-2-1-4(13(18)19)3-6(5)9(12)15/h1-3,7H,(H,16,17). The molecule has 0 aromatic heterocycles.